The Kier molecular flexibility index (Phi) is 5.71. The molecule has 140 valence electrons. The van der Waals surface area contributed by atoms with Crippen LogP contribution in [0.3, 0.4) is 0 Å². The van der Waals surface area contributed by atoms with Gasteiger partial charge in [-0.05, 0) is 37.1 Å². The average Bonchev–Trinajstić information content (AvgIpc) is 2.81. The fourth-order valence-electron chi connectivity index (χ4n) is 3.07. The molecule has 0 spiro atoms. The number of carbonyl (C=O) groups excluding carboxylic acids is 2. The highest BCUT2D eigenvalue weighted by molar-refractivity contribution is 8.04. The predicted octanol–water partition coefficient (Wildman–Crippen LogP) is 6.04. The van der Waals surface area contributed by atoms with Crippen molar-refractivity contribution in [1.82, 2.24) is 0 Å². The van der Waals surface area contributed by atoms with Gasteiger partial charge in [-0.25, -0.2) is 4.90 Å². The number of halogens is 2. The number of thioether (sulfide) groups is 1. The first-order valence-electron chi connectivity index (χ1n) is 8.53. The molecular weight excluding hydrogens is 401 g/mol. The Hall–Kier alpha value is -1.75. The van der Waals surface area contributed by atoms with Crippen molar-refractivity contribution in [3.8, 4) is 0 Å². The van der Waals surface area contributed by atoms with Gasteiger partial charge in [-0.2, -0.15) is 0 Å². The fourth-order valence-corrected chi connectivity index (χ4v) is 4.43. The van der Waals surface area contributed by atoms with Crippen LogP contribution in [-0.2, 0) is 9.59 Å². The molecule has 3 rings (SSSR count). The molecule has 0 atom stereocenters. The van der Waals surface area contributed by atoms with Crippen molar-refractivity contribution in [2.75, 3.05) is 4.90 Å². The van der Waals surface area contributed by atoms with E-state index in [1.165, 1.54) is 11.8 Å². The van der Waals surface area contributed by atoms with E-state index in [2.05, 4.69) is 0 Å². The predicted molar refractivity (Wildman–Crippen MR) is 115 cm³/mol. The molecule has 0 aliphatic carbocycles. The summed E-state index contributed by atoms with van der Waals surface area (Å²) in [4.78, 5) is 28.1. The lowest BCUT2D eigenvalue weighted by atomic mass is 9.99. The van der Waals surface area contributed by atoms with Crippen molar-refractivity contribution in [1.29, 1.82) is 0 Å². The standard InChI is InChI=1S/C21H19Cl2NO2S/c1-11(2)27-19-17(14-9-8-12(3)10-13(14)4)20(25)24(21(19)26)16-7-5-6-15(22)18(16)23/h5-11H,1-4H3. The van der Waals surface area contributed by atoms with Gasteiger partial charge in [0.1, 0.15) is 0 Å². The number of amides is 2. The van der Waals surface area contributed by atoms with Crippen molar-refractivity contribution in [3.05, 3.63) is 68.0 Å². The summed E-state index contributed by atoms with van der Waals surface area (Å²) in [6, 6.07) is 10.8. The molecule has 0 unspecified atom stereocenters. The maximum Gasteiger partial charge on any atom is 0.272 e. The zero-order valence-corrected chi connectivity index (χ0v) is 17.8. The second-order valence-electron chi connectivity index (χ2n) is 6.71. The van der Waals surface area contributed by atoms with Gasteiger partial charge in [0.05, 0.1) is 26.2 Å². The Bertz CT molecular complexity index is 982. The van der Waals surface area contributed by atoms with Crippen LogP contribution in [0, 0.1) is 13.8 Å². The molecular formula is C21H19Cl2NO2S. The maximum absolute atomic E-state index is 13.3. The second-order valence-corrected chi connectivity index (χ2v) is 9.08. The van der Waals surface area contributed by atoms with Crippen molar-refractivity contribution in [2.45, 2.75) is 32.9 Å². The van der Waals surface area contributed by atoms with Crippen LogP contribution in [0.25, 0.3) is 5.57 Å². The van der Waals surface area contributed by atoms with E-state index in [-0.39, 0.29) is 22.1 Å². The van der Waals surface area contributed by atoms with E-state index in [9.17, 15) is 9.59 Å². The average molecular weight is 420 g/mol. The van der Waals surface area contributed by atoms with Crippen LogP contribution in [-0.4, -0.2) is 17.1 Å². The van der Waals surface area contributed by atoms with Crippen molar-refractivity contribution < 1.29 is 9.59 Å². The van der Waals surface area contributed by atoms with Crippen LogP contribution >= 0.6 is 35.0 Å². The van der Waals surface area contributed by atoms with Crippen LogP contribution in [0.1, 0.15) is 30.5 Å². The minimum Gasteiger partial charge on any atom is -0.268 e. The number of carbonyl (C=O) groups is 2. The molecule has 0 N–H and O–H groups in total. The number of benzene rings is 2. The molecule has 0 aromatic heterocycles. The third-order valence-electron chi connectivity index (χ3n) is 4.22. The fraction of sp³-hybridized carbons (Fsp3) is 0.238. The largest absolute Gasteiger partial charge is 0.272 e. The van der Waals surface area contributed by atoms with Gasteiger partial charge in [0.2, 0.25) is 0 Å². The molecule has 1 heterocycles. The number of aryl methyl sites for hydroxylation is 2. The van der Waals surface area contributed by atoms with Crippen LogP contribution in [0.4, 0.5) is 5.69 Å². The van der Waals surface area contributed by atoms with E-state index in [0.717, 1.165) is 21.6 Å². The summed E-state index contributed by atoms with van der Waals surface area (Å²) in [6.07, 6.45) is 0. The molecule has 27 heavy (non-hydrogen) atoms. The van der Waals surface area contributed by atoms with Gasteiger partial charge in [0, 0.05) is 5.25 Å². The normalized spacial score (nSPS) is 14.7. The Morgan fingerprint density at radius 1 is 1.00 bits per heavy atom. The molecule has 2 aromatic carbocycles. The number of imide groups is 1. The van der Waals surface area contributed by atoms with Gasteiger partial charge in [0.15, 0.2) is 0 Å². The van der Waals surface area contributed by atoms with Crippen LogP contribution in [0.5, 0.6) is 0 Å². The quantitative estimate of drug-likeness (QED) is 0.567. The maximum atomic E-state index is 13.3. The summed E-state index contributed by atoms with van der Waals surface area (Å²) in [5.74, 6) is -0.739. The molecule has 1 aliphatic heterocycles. The lowest BCUT2D eigenvalue weighted by Gasteiger charge is -2.17. The molecule has 0 radical (unpaired) electrons. The molecule has 6 heteroatoms. The first kappa shape index (κ1) is 20.0. The van der Waals surface area contributed by atoms with Gasteiger partial charge in [0.25, 0.3) is 11.8 Å². The lowest BCUT2D eigenvalue weighted by molar-refractivity contribution is -0.119. The van der Waals surface area contributed by atoms with Crippen LogP contribution in [0.15, 0.2) is 41.3 Å². The first-order chi connectivity index (χ1) is 12.7. The van der Waals surface area contributed by atoms with Gasteiger partial charge < -0.3 is 0 Å². The van der Waals surface area contributed by atoms with E-state index in [0.29, 0.717) is 21.2 Å². The second kappa shape index (κ2) is 7.70. The summed E-state index contributed by atoms with van der Waals surface area (Å²) in [5, 5.41) is 0.636. The summed E-state index contributed by atoms with van der Waals surface area (Å²) in [5.41, 5.74) is 3.55. The van der Waals surface area contributed by atoms with E-state index in [4.69, 9.17) is 23.2 Å². The smallest absolute Gasteiger partial charge is 0.268 e. The zero-order chi connectivity index (χ0) is 19.9. The number of anilines is 1. The molecule has 2 aromatic rings. The highest BCUT2D eigenvalue weighted by atomic mass is 35.5. The minimum atomic E-state index is -0.376. The monoisotopic (exact) mass is 419 g/mol. The van der Waals surface area contributed by atoms with Gasteiger partial charge >= 0.3 is 0 Å². The Labute approximate surface area is 173 Å². The zero-order valence-electron chi connectivity index (χ0n) is 15.5. The van der Waals surface area contributed by atoms with Gasteiger partial charge in [-0.1, -0.05) is 66.9 Å². The third kappa shape index (κ3) is 3.66. The molecule has 0 bridgehead atoms. The summed E-state index contributed by atoms with van der Waals surface area (Å²) in [6.45, 7) is 7.92. The first-order valence-corrected chi connectivity index (χ1v) is 10.2. The SMILES string of the molecule is Cc1ccc(C2=C(SC(C)C)C(=O)N(c3cccc(Cl)c3Cl)C2=O)c(C)c1. The number of nitrogens with zero attached hydrogens (tertiary/aromatic N) is 1. The Balaban J connectivity index is 2.19. The summed E-state index contributed by atoms with van der Waals surface area (Å²) < 4.78 is 0. The van der Waals surface area contributed by atoms with E-state index in [1.54, 1.807) is 18.2 Å². The molecule has 0 fully saturated rings. The molecule has 3 nitrogen and oxygen atoms in total. The molecule has 1 aliphatic rings. The van der Waals surface area contributed by atoms with Crippen LogP contribution in [0.2, 0.25) is 10.0 Å². The topological polar surface area (TPSA) is 37.4 Å². The van der Waals surface area contributed by atoms with E-state index < -0.39 is 0 Å². The number of hydrogen-bond donors (Lipinski definition) is 0. The Morgan fingerprint density at radius 3 is 2.33 bits per heavy atom. The summed E-state index contributed by atoms with van der Waals surface area (Å²) in [7, 11) is 0. The molecule has 0 saturated carbocycles. The summed E-state index contributed by atoms with van der Waals surface area (Å²) >= 11 is 13.8. The Morgan fingerprint density at radius 2 is 1.70 bits per heavy atom. The van der Waals surface area contributed by atoms with Gasteiger partial charge in [-0.15, -0.1) is 11.8 Å². The minimum absolute atomic E-state index is 0.146. The van der Waals surface area contributed by atoms with Crippen molar-refractivity contribution in [2.24, 2.45) is 0 Å². The third-order valence-corrected chi connectivity index (χ3v) is 6.11. The van der Waals surface area contributed by atoms with Gasteiger partial charge in [-0.3, -0.25) is 9.59 Å². The lowest BCUT2D eigenvalue weighted by Crippen LogP contribution is -2.31. The highest BCUT2D eigenvalue weighted by Crippen LogP contribution is 2.43. The number of hydrogen-bond acceptors (Lipinski definition) is 3. The number of rotatable bonds is 4. The van der Waals surface area contributed by atoms with Crippen LogP contribution < -0.4 is 4.90 Å². The highest BCUT2D eigenvalue weighted by Gasteiger charge is 2.41. The van der Waals surface area contributed by atoms with E-state index in [1.807, 2.05) is 45.9 Å². The molecule has 0 saturated heterocycles. The van der Waals surface area contributed by atoms with Crippen molar-refractivity contribution >= 4 is 58.0 Å². The van der Waals surface area contributed by atoms with Crippen molar-refractivity contribution in [3.63, 3.8) is 0 Å². The van der Waals surface area contributed by atoms with E-state index >= 15 is 0 Å². The molecule has 2 amide bonds.